The molecule has 4 rings (SSSR count). The van der Waals surface area contributed by atoms with Crippen LogP contribution < -0.4 is 10.5 Å². The molecule has 0 radical (unpaired) electrons. The highest BCUT2D eigenvalue weighted by Crippen LogP contribution is 2.35. The molecule has 2 saturated heterocycles. The van der Waals surface area contributed by atoms with Gasteiger partial charge in [-0.3, -0.25) is 18.9 Å². The van der Waals surface area contributed by atoms with Gasteiger partial charge in [-0.25, -0.2) is 4.98 Å². The Hall–Kier alpha value is -2.19. The van der Waals surface area contributed by atoms with Crippen molar-refractivity contribution in [3.8, 4) is 0 Å². The van der Waals surface area contributed by atoms with Crippen LogP contribution in [-0.2, 0) is 4.79 Å². The zero-order chi connectivity index (χ0) is 22.4. The predicted octanol–water partition coefficient (Wildman–Crippen LogP) is 4.09. The first kappa shape index (κ1) is 22.0. The van der Waals surface area contributed by atoms with Crippen molar-refractivity contribution in [1.82, 2.24) is 14.3 Å². The van der Waals surface area contributed by atoms with Crippen LogP contribution in [0.15, 0.2) is 28.0 Å². The van der Waals surface area contributed by atoms with Crippen LogP contribution in [0.3, 0.4) is 0 Å². The molecule has 1 amide bonds. The highest BCUT2D eigenvalue weighted by atomic mass is 32.2. The Kier molecular flexibility index (Phi) is 5.96. The molecule has 2 fully saturated rings. The predicted molar refractivity (Wildman–Crippen MR) is 132 cm³/mol. The zero-order valence-electron chi connectivity index (χ0n) is 18.6. The van der Waals surface area contributed by atoms with Crippen LogP contribution in [0.2, 0.25) is 0 Å². The summed E-state index contributed by atoms with van der Waals surface area (Å²) in [7, 11) is 0. The van der Waals surface area contributed by atoms with Crippen LogP contribution in [0.5, 0.6) is 0 Å². The number of piperidine rings is 1. The highest BCUT2D eigenvalue weighted by Gasteiger charge is 2.35. The average Bonchev–Trinajstić information content (AvgIpc) is 2.97. The van der Waals surface area contributed by atoms with Crippen molar-refractivity contribution in [2.75, 3.05) is 18.0 Å². The molecule has 6 nitrogen and oxygen atoms in total. The van der Waals surface area contributed by atoms with Gasteiger partial charge in [-0.1, -0.05) is 43.9 Å². The van der Waals surface area contributed by atoms with E-state index in [1.54, 1.807) is 21.6 Å². The number of amides is 1. The van der Waals surface area contributed by atoms with Crippen LogP contribution >= 0.6 is 24.0 Å². The fraction of sp³-hybridized carbons (Fsp3) is 0.478. The minimum atomic E-state index is -0.163. The third-order valence-corrected chi connectivity index (χ3v) is 7.18. The molecule has 164 valence electrons. The standard InChI is InChI=1S/C23H28N4O2S2/c1-13(2)27-22(29)18(31-23(27)30)10-17-20(25-11-14(3)9-15(4)12-25)24-19-16(5)7-6-8-26(19)21(17)28/h6-8,10,13-15H,9,11-12H2,1-5H3/b18-10-/t14-,15-/m1/s1. The maximum Gasteiger partial charge on any atom is 0.267 e. The lowest BCUT2D eigenvalue weighted by atomic mass is 9.91. The van der Waals surface area contributed by atoms with E-state index in [0.29, 0.717) is 38.1 Å². The molecule has 0 spiro atoms. The van der Waals surface area contributed by atoms with E-state index in [1.807, 2.05) is 32.9 Å². The van der Waals surface area contributed by atoms with E-state index in [-0.39, 0.29) is 17.5 Å². The average molecular weight is 457 g/mol. The minimum absolute atomic E-state index is 0.0276. The van der Waals surface area contributed by atoms with E-state index in [2.05, 4.69) is 18.7 Å². The molecule has 2 aliphatic rings. The molecular formula is C23H28N4O2S2. The summed E-state index contributed by atoms with van der Waals surface area (Å²) in [5.41, 5.74) is 1.88. The second-order valence-electron chi connectivity index (χ2n) is 9.04. The summed E-state index contributed by atoms with van der Waals surface area (Å²) < 4.78 is 2.10. The molecule has 2 aromatic heterocycles. The van der Waals surface area contributed by atoms with Gasteiger partial charge in [0.15, 0.2) is 0 Å². The van der Waals surface area contributed by atoms with Crippen LogP contribution in [0.25, 0.3) is 11.7 Å². The van der Waals surface area contributed by atoms with Crippen molar-refractivity contribution in [2.24, 2.45) is 11.8 Å². The Morgan fingerprint density at radius 3 is 2.52 bits per heavy atom. The van der Waals surface area contributed by atoms with Gasteiger partial charge in [-0.15, -0.1) is 0 Å². The molecule has 4 heterocycles. The number of thioether (sulfide) groups is 1. The summed E-state index contributed by atoms with van der Waals surface area (Å²) in [5.74, 6) is 1.53. The lowest BCUT2D eigenvalue weighted by molar-refractivity contribution is -0.123. The van der Waals surface area contributed by atoms with E-state index < -0.39 is 0 Å². The molecule has 0 unspecified atom stereocenters. The SMILES string of the molecule is Cc1cccn2c(=O)c(/C=C3\SC(=S)N(C(C)C)C3=O)c(N3C[C@H](C)C[C@@H](C)C3)nc12. The Labute approximate surface area is 192 Å². The number of aryl methyl sites for hydroxylation is 1. The summed E-state index contributed by atoms with van der Waals surface area (Å²) >= 11 is 6.67. The third kappa shape index (κ3) is 4.03. The Balaban J connectivity index is 1.92. The van der Waals surface area contributed by atoms with Crippen LogP contribution in [0, 0.1) is 18.8 Å². The molecule has 0 bridgehead atoms. The van der Waals surface area contributed by atoms with Gasteiger partial charge in [-0.05, 0) is 56.7 Å². The molecule has 2 aliphatic heterocycles. The number of hydrogen-bond donors (Lipinski definition) is 0. The molecule has 0 aromatic carbocycles. The first-order valence-corrected chi connectivity index (χ1v) is 11.9. The van der Waals surface area contributed by atoms with E-state index in [4.69, 9.17) is 17.2 Å². The molecule has 8 heteroatoms. The monoisotopic (exact) mass is 456 g/mol. The fourth-order valence-corrected chi connectivity index (χ4v) is 6.07. The largest absolute Gasteiger partial charge is 0.355 e. The Bertz CT molecular complexity index is 1140. The van der Waals surface area contributed by atoms with E-state index >= 15 is 0 Å². The van der Waals surface area contributed by atoms with Crippen molar-refractivity contribution in [1.29, 1.82) is 0 Å². The summed E-state index contributed by atoms with van der Waals surface area (Å²) in [4.78, 5) is 35.8. The molecule has 2 aromatic rings. The van der Waals surface area contributed by atoms with Gasteiger partial charge in [0, 0.05) is 25.3 Å². The van der Waals surface area contributed by atoms with Crippen molar-refractivity contribution in [3.63, 3.8) is 0 Å². The number of nitrogens with zero attached hydrogens (tertiary/aromatic N) is 4. The van der Waals surface area contributed by atoms with Gasteiger partial charge in [0.25, 0.3) is 11.5 Å². The number of fused-ring (bicyclic) bond motifs is 1. The van der Waals surface area contributed by atoms with Crippen LogP contribution in [0.4, 0.5) is 5.82 Å². The number of anilines is 1. The number of rotatable bonds is 3. The second-order valence-corrected chi connectivity index (χ2v) is 10.7. The Morgan fingerprint density at radius 1 is 1.23 bits per heavy atom. The van der Waals surface area contributed by atoms with Crippen molar-refractivity contribution in [2.45, 2.75) is 47.1 Å². The van der Waals surface area contributed by atoms with Crippen molar-refractivity contribution < 1.29 is 4.79 Å². The van der Waals surface area contributed by atoms with Crippen LogP contribution in [0.1, 0.15) is 45.2 Å². The highest BCUT2D eigenvalue weighted by molar-refractivity contribution is 8.26. The van der Waals surface area contributed by atoms with Gasteiger partial charge >= 0.3 is 0 Å². The number of carbonyl (C=O) groups is 1. The van der Waals surface area contributed by atoms with Gasteiger partial charge in [0.2, 0.25) is 0 Å². The van der Waals surface area contributed by atoms with Gasteiger partial charge in [0.1, 0.15) is 15.8 Å². The van der Waals surface area contributed by atoms with E-state index in [9.17, 15) is 9.59 Å². The van der Waals surface area contributed by atoms with E-state index in [1.165, 1.54) is 11.8 Å². The third-order valence-electron chi connectivity index (χ3n) is 5.85. The molecule has 0 N–H and O–H groups in total. The summed E-state index contributed by atoms with van der Waals surface area (Å²) in [5, 5.41) is 0. The van der Waals surface area contributed by atoms with E-state index in [0.717, 1.165) is 25.1 Å². The normalized spacial score (nSPS) is 23.6. The lowest BCUT2D eigenvalue weighted by Gasteiger charge is -2.36. The Morgan fingerprint density at radius 2 is 1.90 bits per heavy atom. The molecule has 2 atom stereocenters. The molecule has 0 saturated carbocycles. The van der Waals surface area contributed by atoms with Gasteiger partial charge < -0.3 is 4.90 Å². The van der Waals surface area contributed by atoms with Crippen molar-refractivity contribution >= 4 is 51.7 Å². The zero-order valence-corrected chi connectivity index (χ0v) is 20.2. The number of hydrogen-bond acceptors (Lipinski definition) is 6. The summed E-state index contributed by atoms with van der Waals surface area (Å²) in [6, 6.07) is 3.78. The second kappa shape index (κ2) is 8.39. The topological polar surface area (TPSA) is 57.9 Å². The quantitative estimate of drug-likeness (QED) is 0.512. The first-order chi connectivity index (χ1) is 14.7. The molecule has 0 aliphatic carbocycles. The number of thiocarbonyl (C=S) groups is 1. The fourth-order valence-electron chi connectivity index (χ4n) is 4.56. The number of carbonyl (C=O) groups excluding carboxylic acids is 1. The number of aromatic nitrogens is 2. The molecule has 31 heavy (non-hydrogen) atoms. The van der Waals surface area contributed by atoms with Crippen LogP contribution in [-0.4, -0.2) is 43.6 Å². The van der Waals surface area contributed by atoms with Gasteiger partial charge in [-0.2, -0.15) is 0 Å². The first-order valence-electron chi connectivity index (χ1n) is 10.7. The minimum Gasteiger partial charge on any atom is -0.355 e. The van der Waals surface area contributed by atoms with Gasteiger partial charge in [0.05, 0.1) is 10.5 Å². The summed E-state index contributed by atoms with van der Waals surface area (Å²) in [6.45, 7) is 12.0. The smallest absolute Gasteiger partial charge is 0.267 e. The lowest BCUT2D eigenvalue weighted by Crippen LogP contribution is -2.40. The maximum atomic E-state index is 13.6. The van der Waals surface area contributed by atoms with Crippen molar-refractivity contribution in [3.05, 3.63) is 44.7 Å². The maximum absolute atomic E-state index is 13.6. The number of pyridine rings is 1. The molecular weight excluding hydrogens is 428 g/mol. The summed E-state index contributed by atoms with van der Waals surface area (Å²) in [6.07, 6.45) is 4.59.